The van der Waals surface area contributed by atoms with Gasteiger partial charge in [0.05, 0.1) is 10.9 Å². The number of hydrogen-bond donors (Lipinski definition) is 0. The van der Waals surface area contributed by atoms with Crippen LogP contribution in [0.3, 0.4) is 0 Å². The Morgan fingerprint density at radius 3 is 1.71 bits per heavy atom. The van der Waals surface area contributed by atoms with Gasteiger partial charge in [-0.1, -0.05) is 18.2 Å². The summed E-state index contributed by atoms with van der Waals surface area (Å²) in [5.41, 5.74) is 0. The lowest BCUT2D eigenvalue weighted by atomic mass is 10.4. The van der Waals surface area contributed by atoms with E-state index < -0.39 is 0 Å². The van der Waals surface area contributed by atoms with Crippen LogP contribution in [0.1, 0.15) is 0 Å². The topological polar surface area (TPSA) is 0 Å². The first-order valence-corrected chi connectivity index (χ1v) is 9.41. The van der Waals surface area contributed by atoms with Gasteiger partial charge in [-0.3, -0.25) is 0 Å². The fourth-order valence-electron chi connectivity index (χ4n) is 1.59. The van der Waals surface area contributed by atoms with Gasteiger partial charge in [0.1, 0.15) is 22.6 Å². The molecule has 88 valence electrons. The van der Waals surface area contributed by atoms with E-state index in [1.165, 1.54) is 14.7 Å². The molecule has 0 N–H and O–H groups in total. The Bertz CT molecular complexity index is 465. The van der Waals surface area contributed by atoms with Crippen molar-refractivity contribution in [3.8, 4) is 0 Å². The molecule has 0 bridgehead atoms. The van der Waals surface area contributed by atoms with Crippen LogP contribution < -0.4 is 0 Å². The highest BCUT2D eigenvalue weighted by molar-refractivity contribution is 8.17. The van der Waals surface area contributed by atoms with E-state index >= 15 is 0 Å². The minimum absolute atomic E-state index is 0.142. The largest absolute Gasteiger partial charge is 0.182 e. The molecule has 0 nitrogen and oxygen atoms in total. The lowest BCUT2D eigenvalue weighted by molar-refractivity contribution is 1.32. The molecule has 2 rings (SSSR count). The average molecular weight is 283 g/mol. The second-order valence-electron chi connectivity index (χ2n) is 3.73. The molecule has 0 radical (unpaired) electrons. The van der Waals surface area contributed by atoms with Crippen LogP contribution in [0.25, 0.3) is 0 Å². The molecule has 0 aliphatic rings. The molecule has 2 atom stereocenters. The SMILES string of the molecule is C[S+](Cl)c1ccc([S+](C)c2ccccc2)cc1. The van der Waals surface area contributed by atoms with Gasteiger partial charge < -0.3 is 0 Å². The highest BCUT2D eigenvalue weighted by Gasteiger charge is 2.20. The quantitative estimate of drug-likeness (QED) is 0.743. The summed E-state index contributed by atoms with van der Waals surface area (Å²) < 4.78 is 0. The van der Waals surface area contributed by atoms with Gasteiger partial charge >= 0.3 is 0 Å². The Kier molecular flexibility index (Phi) is 4.43. The third-order valence-corrected chi connectivity index (χ3v) is 6.01. The minimum atomic E-state index is -0.170. The van der Waals surface area contributed by atoms with Crippen LogP contribution in [0.4, 0.5) is 0 Å². The van der Waals surface area contributed by atoms with E-state index in [1.807, 2.05) is 6.26 Å². The van der Waals surface area contributed by atoms with E-state index in [4.69, 9.17) is 10.7 Å². The summed E-state index contributed by atoms with van der Waals surface area (Å²) in [7, 11) is 6.05. The smallest absolute Gasteiger partial charge is 0.0619 e. The molecule has 3 heteroatoms. The van der Waals surface area contributed by atoms with Crippen molar-refractivity contribution >= 4 is 31.7 Å². The lowest BCUT2D eigenvalue weighted by Gasteiger charge is -2.02. The first kappa shape index (κ1) is 12.9. The summed E-state index contributed by atoms with van der Waals surface area (Å²) in [5, 5.41) is 0. The zero-order valence-corrected chi connectivity index (χ0v) is 12.3. The van der Waals surface area contributed by atoms with E-state index in [2.05, 4.69) is 60.9 Å². The Morgan fingerprint density at radius 1 is 0.706 bits per heavy atom. The van der Waals surface area contributed by atoms with Gasteiger partial charge in [0.15, 0.2) is 25.4 Å². The van der Waals surface area contributed by atoms with Crippen molar-refractivity contribution in [3.63, 3.8) is 0 Å². The average Bonchev–Trinajstić information content (AvgIpc) is 2.39. The first-order valence-electron chi connectivity index (χ1n) is 5.32. The molecule has 0 saturated heterocycles. The molecule has 0 fully saturated rings. The van der Waals surface area contributed by atoms with E-state index in [0.29, 0.717) is 0 Å². The second-order valence-corrected chi connectivity index (χ2v) is 8.43. The molecule has 2 aromatic rings. The fraction of sp³-hybridized carbons (Fsp3) is 0.143. The summed E-state index contributed by atoms with van der Waals surface area (Å²) in [4.78, 5) is 3.95. The normalized spacial score (nSPS) is 14.3. The summed E-state index contributed by atoms with van der Waals surface area (Å²) in [6, 6.07) is 19.3. The number of rotatable bonds is 3. The molecular weight excluding hydrogens is 268 g/mol. The van der Waals surface area contributed by atoms with Gasteiger partial charge in [-0.05, 0) is 36.4 Å². The Balaban J connectivity index is 2.23. The van der Waals surface area contributed by atoms with Crippen LogP contribution in [0, 0.1) is 0 Å². The number of hydrogen-bond acceptors (Lipinski definition) is 0. The number of halogens is 1. The van der Waals surface area contributed by atoms with Crippen LogP contribution >= 0.6 is 10.7 Å². The van der Waals surface area contributed by atoms with Crippen molar-refractivity contribution in [1.29, 1.82) is 0 Å². The molecule has 0 aliphatic heterocycles. The monoisotopic (exact) mass is 282 g/mol. The summed E-state index contributed by atoms with van der Waals surface area (Å²) in [5.74, 6) is 0. The van der Waals surface area contributed by atoms with Crippen LogP contribution in [0.5, 0.6) is 0 Å². The molecule has 0 saturated carbocycles. The molecule has 0 heterocycles. The molecular formula is C14H15ClS2+2. The van der Waals surface area contributed by atoms with E-state index in [1.54, 1.807) is 0 Å². The number of benzene rings is 2. The van der Waals surface area contributed by atoms with E-state index in [0.717, 1.165) is 0 Å². The van der Waals surface area contributed by atoms with Gasteiger partial charge in [-0.2, -0.15) is 0 Å². The van der Waals surface area contributed by atoms with E-state index in [-0.39, 0.29) is 21.0 Å². The second kappa shape index (κ2) is 5.85. The molecule has 17 heavy (non-hydrogen) atoms. The van der Waals surface area contributed by atoms with Gasteiger partial charge in [-0.15, -0.1) is 0 Å². The van der Waals surface area contributed by atoms with Crippen LogP contribution in [-0.2, 0) is 21.0 Å². The van der Waals surface area contributed by atoms with Crippen molar-refractivity contribution in [1.82, 2.24) is 0 Å². The van der Waals surface area contributed by atoms with Crippen LogP contribution in [-0.4, -0.2) is 12.5 Å². The van der Waals surface area contributed by atoms with Crippen molar-refractivity contribution in [2.24, 2.45) is 0 Å². The molecule has 2 unspecified atom stereocenters. The predicted octanol–water partition coefficient (Wildman–Crippen LogP) is 4.11. The maximum absolute atomic E-state index is 6.08. The maximum Gasteiger partial charge on any atom is 0.182 e. The summed E-state index contributed by atoms with van der Waals surface area (Å²) in [6.07, 6.45) is 4.29. The van der Waals surface area contributed by atoms with Gasteiger partial charge in [0.25, 0.3) is 0 Å². The Morgan fingerprint density at radius 2 is 1.18 bits per heavy atom. The zero-order chi connectivity index (χ0) is 12.3. The highest BCUT2D eigenvalue weighted by Crippen LogP contribution is 2.23. The van der Waals surface area contributed by atoms with Crippen molar-refractivity contribution < 1.29 is 0 Å². The molecule has 0 amide bonds. The molecule has 2 aromatic carbocycles. The van der Waals surface area contributed by atoms with Gasteiger partial charge in [0, 0.05) is 0 Å². The van der Waals surface area contributed by atoms with E-state index in [9.17, 15) is 0 Å². The fourth-order valence-corrected chi connectivity index (χ4v) is 3.79. The highest BCUT2D eigenvalue weighted by atomic mass is 35.7. The first-order chi connectivity index (χ1) is 8.18. The van der Waals surface area contributed by atoms with Crippen LogP contribution in [0.15, 0.2) is 69.3 Å². The zero-order valence-electron chi connectivity index (χ0n) is 9.89. The Hall–Kier alpha value is -0.570. The Labute approximate surface area is 113 Å². The molecule has 0 aromatic heterocycles. The summed E-state index contributed by atoms with van der Waals surface area (Å²) in [6.45, 7) is 0. The molecule has 0 aliphatic carbocycles. The van der Waals surface area contributed by atoms with Gasteiger partial charge in [-0.25, -0.2) is 0 Å². The maximum atomic E-state index is 6.08. The standard InChI is InChI=1S/C14H15ClS2/c1-16(12-6-4-3-5-7-12)13-8-10-14(11-9-13)17(2)15/h3-11H,1-2H3/q+2. The third-order valence-electron chi connectivity index (χ3n) is 2.60. The lowest BCUT2D eigenvalue weighted by Crippen LogP contribution is -2.00. The molecule has 0 spiro atoms. The van der Waals surface area contributed by atoms with Gasteiger partial charge in [0.2, 0.25) is 0 Å². The van der Waals surface area contributed by atoms with Crippen molar-refractivity contribution in [2.45, 2.75) is 14.7 Å². The summed E-state index contributed by atoms with van der Waals surface area (Å²) >= 11 is 0. The van der Waals surface area contributed by atoms with Crippen molar-refractivity contribution in [2.75, 3.05) is 12.5 Å². The van der Waals surface area contributed by atoms with Crippen molar-refractivity contribution in [3.05, 3.63) is 54.6 Å². The minimum Gasteiger partial charge on any atom is -0.0619 e. The third kappa shape index (κ3) is 3.21. The predicted molar refractivity (Wildman–Crippen MR) is 80.1 cm³/mol. The van der Waals surface area contributed by atoms with Crippen LogP contribution in [0.2, 0.25) is 0 Å².